The molecule has 0 aromatic heterocycles. The number of hydrogen-bond acceptors (Lipinski definition) is 2. The third-order valence-electron chi connectivity index (χ3n) is 0. The zero-order valence-electron chi connectivity index (χ0n) is 3.31. The molecule has 0 heterocycles. The second-order valence-electron chi connectivity index (χ2n) is 0. The molecule has 0 saturated heterocycles. The largest absolute Gasteiger partial charge is 0.512 e. The number of rotatable bonds is 0. The van der Waals surface area contributed by atoms with Gasteiger partial charge in [0, 0.05) is 39.0 Å². The molecule has 0 radical (unpaired) electrons. The predicted octanol–water partition coefficient (Wildman–Crippen LogP) is 0.188. The molecule has 0 atom stereocenters. The fraction of sp³-hybridized carbons (Fsp3) is 0. The summed E-state index contributed by atoms with van der Waals surface area (Å²) >= 11 is 0. The van der Waals surface area contributed by atoms with Crippen molar-refractivity contribution >= 4 is 0 Å². The summed E-state index contributed by atoms with van der Waals surface area (Å²) in [6, 6.07) is 0. The molecular formula is C2N2Zn2-2. The van der Waals surface area contributed by atoms with E-state index in [0.29, 0.717) is 0 Å². The summed E-state index contributed by atoms with van der Waals surface area (Å²) in [4.78, 5) is 0. The van der Waals surface area contributed by atoms with Gasteiger partial charge in [0.25, 0.3) is 0 Å². The standard InChI is InChI=1S/2CN.2Zn/c2*1-2;;/q2*-1;;. The maximum Gasteiger partial charge on any atom is 0 e. The van der Waals surface area contributed by atoms with Crippen molar-refractivity contribution in [1.29, 1.82) is 10.5 Å². The van der Waals surface area contributed by atoms with Crippen LogP contribution in [0, 0.1) is 23.7 Å². The first-order chi connectivity index (χ1) is 2.00. The van der Waals surface area contributed by atoms with Crippen molar-refractivity contribution in [3.63, 3.8) is 0 Å². The maximum atomic E-state index is 6.25. The summed E-state index contributed by atoms with van der Waals surface area (Å²) in [5.41, 5.74) is 0. The van der Waals surface area contributed by atoms with E-state index in [-0.39, 0.29) is 39.0 Å². The van der Waals surface area contributed by atoms with E-state index in [2.05, 4.69) is 0 Å². The van der Waals surface area contributed by atoms with Gasteiger partial charge in [-0.3, -0.25) is 0 Å². The van der Waals surface area contributed by atoms with Gasteiger partial charge in [0.05, 0.1) is 0 Å². The zero-order valence-corrected chi connectivity index (χ0v) is 9.24. The molecule has 0 rings (SSSR count). The van der Waals surface area contributed by atoms with Crippen LogP contribution in [0.15, 0.2) is 0 Å². The minimum atomic E-state index is 0. The molecule has 6 heavy (non-hydrogen) atoms. The minimum Gasteiger partial charge on any atom is -0.512 e. The van der Waals surface area contributed by atoms with Gasteiger partial charge in [-0.1, -0.05) is 0 Å². The van der Waals surface area contributed by atoms with Crippen molar-refractivity contribution in [2.75, 3.05) is 0 Å². The summed E-state index contributed by atoms with van der Waals surface area (Å²) in [6.45, 7) is 9.50. The molecule has 0 N–H and O–H groups in total. The van der Waals surface area contributed by atoms with Crippen LogP contribution in [-0.4, -0.2) is 0 Å². The smallest absolute Gasteiger partial charge is 0 e. The van der Waals surface area contributed by atoms with E-state index in [4.69, 9.17) is 23.7 Å². The van der Waals surface area contributed by atoms with Gasteiger partial charge in [0.1, 0.15) is 0 Å². The van der Waals surface area contributed by atoms with E-state index in [9.17, 15) is 0 Å². The molecule has 2 nitrogen and oxygen atoms in total. The van der Waals surface area contributed by atoms with Crippen LogP contribution in [-0.2, 0) is 39.0 Å². The molecule has 0 aromatic carbocycles. The summed E-state index contributed by atoms with van der Waals surface area (Å²) in [7, 11) is 0. The minimum absolute atomic E-state index is 0. The van der Waals surface area contributed by atoms with Gasteiger partial charge in [-0.2, -0.15) is 0 Å². The zero-order chi connectivity index (χ0) is 4.00. The van der Waals surface area contributed by atoms with Crippen LogP contribution in [0.2, 0.25) is 0 Å². The Bertz CT molecular complexity index is 25.0. The van der Waals surface area contributed by atoms with Crippen LogP contribution >= 0.6 is 0 Å². The summed E-state index contributed by atoms with van der Waals surface area (Å²) in [6.07, 6.45) is 0. The predicted molar refractivity (Wildman–Crippen MR) is 9.94 cm³/mol. The van der Waals surface area contributed by atoms with Crippen molar-refractivity contribution < 1.29 is 39.0 Å². The van der Waals surface area contributed by atoms with E-state index >= 15 is 0 Å². The van der Waals surface area contributed by atoms with Gasteiger partial charge >= 0.3 is 0 Å². The van der Waals surface area contributed by atoms with Gasteiger partial charge in [-0.25, -0.2) is 0 Å². The fourth-order valence-corrected chi connectivity index (χ4v) is 0. The Hall–Kier alpha value is 0.227. The fourth-order valence-electron chi connectivity index (χ4n) is 0. The molecule has 0 aliphatic rings. The van der Waals surface area contributed by atoms with Crippen molar-refractivity contribution in [2.45, 2.75) is 0 Å². The van der Waals surface area contributed by atoms with Gasteiger partial charge in [-0.15, -0.1) is 0 Å². The average molecular weight is 183 g/mol. The van der Waals surface area contributed by atoms with Gasteiger partial charge in [0.2, 0.25) is 0 Å². The molecule has 0 bridgehead atoms. The summed E-state index contributed by atoms with van der Waals surface area (Å²) in [5, 5.41) is 12.5. The first-order valence-electron chi connectivity index (χ1n) is 0.447. The Kier molecular flexibility index (Phi) is 10400. The van der Waals surface area contributed by atoms with Crippen LogP contribution in [0.3, 0.4) is 0 Å². The molecule has 0 amide bonds. The van der Waals surface area contributed by atoms with Gasteiger partial charge in [-0.05, 0) is 0 Å². The Morgan fingerprint density at radius 3 is 0.667 bits per heavy atom. The van der Waals surface area contributed by atoms with Crippen LogP contribution in [0.4, 0.5) is 0 Å². The summed E-state index contributed by atoms with van der Waals surface area (Å²) < 4.78 is 0. The Balaban J connectivity index is -0.00000000500. The molecular weight excluding hydrogens is 183 g/mol. The van der Waals surface area contributed by atoms with Crippen LogP contribution in [0.1, 0.15) is 0 Å². The van der Waals surface area contributed by atoms with E-state index in [1.165, 1.54) is 0 Å². The van der Waals surface area contributed by atoms with Crippen LogP contribution in [0.5, 0.6) is 0 Å². The Labute approximate surface area is 62.7 Å². The molecule has 0 aromatic rings. The van der Waals surface area contributed by atoms with Crippen molar-refractivity contribution in [2.24, 2.45) is 0 Å². The maximum absolute atomic E-state index is 6.25. The second kappa shape index (κ2) is 1820. The summed E-state index contributed by atoms with van der Waals surface area (Å²) in [5.74, 6) is 0. The van der Waals surface area contributed by atoms with Crippen LogP contribution < -0.4 is 0 Å². The van der Waals surface area contributed by atoms with E-state index in [1.807, 2.05) is 0 Å². The molecule has 0 aliphatic heterocycles. The van der Waals surface area contributed by atoms with Crippen molar-refractivity contribution in [1.82, 2.24) is 0 Å². The van der Waals surface area contributed by atoms with E-state index < -0.39 is 0 Å². The quantitative estimate of drug-likeness (QED) is 0.397. The molecule has 0 fully saturated rings. The first-order valence-corrected chi connectivity index (χ1v) is 0.447. The van der Waals surface area contributed by atoms with Gasteiger partial charge < -0.3 is 23.7 Å². The molecule has 24 valence electrons. The normalized spacial score (nSPS) is 0.667. The van der Waals surface area contributed by atoms with E-state index in [1.54, 1.807) is 0 Å². The third kappa shape index (κ3) is 856. The molecule has 0 saturated carbocycles. The molecule has 4 heteroatoms. The number of hydrogen-bond donors (Lipinski definition) is 0. The Morgan fingerprint density at radius 2 is 0.667 bits per heavy atom. The molecule has 0 spiro atoms. The SMILES string of the molecule is [C-]#N.[C-]#N.[Zn].[Zn]. The molecule has 0 unspecified atom stereocenters. The monoisotopic (exact) mass is 180 g/mol. The van der Waals surface area contributed by atoms with Crippen molar-refractivity contribution in [3.8, 4) is 0 Å². The first kappa shape index (κ1) is 34.3. The van der Waals surface area contributed by atoms with E-state index in [0.717, 1.165) is 0 Å². The average Bonchev–Trinajstić information content (AvgIpc) is 1.50. The van der Waals surface area contributed by atoms with Gasteiger partial charge in [0.15, 0.2) is 0 Å². The molecule has 0 aliphatic carbocycles. The van der Waals surface area contributed by atoms with Crippen LogP contribution in [0.25, 0.3) is 0 Å². The number of nitrogens with zero attached hydrogens (tertiary/aromatic N) is 2. The topological polar surface area (TPSA) is 47.6 Å². The Morgan fingerprint density at radius 1 is 0.667 bits per heavy atom. The third-order valence-corrected chi connectivity index (χ3v) is 0. The second-order valence-corrected chi connectivity index (χ2v) is 0. The van der Waals surface area contributed by atoms with Crippen molar-refractivity contribution in [3.05, 3.63) is 13.1 Å².